The van der Waals surface area contributed by atoms with E-state index in [-0.39, 0.29) is 34.3 Å². The minimum Gasteiger partial charge on any atom is -0.393 e. The summed E-state index contributed by atoms with van der Waals surface area (Å²) in [6.07, 6.45) is -7.02. The molecule has 3 N–H and O–H groups in total. The summed E-state index contributed by atoms with van der Waals surface area (Å²) in [5, 5.41) is 14.0. The highest BCUT2D eigenvalue weighted by atomic mass is 32.1. The van der Waals surface area contributed by atoms with E-state index in [1.54, 1.807) is 0 Å². The normalized spacial score (nSPS) is 24.7. The van der Waals surface area contributed by atoms with Gasteiger partial charge in [0.15, 0.2) is 5.01 Å². The largest absolute Gasteiger partial charge is 0.408 e. The Bertz CT molecular complexity index is 1330. The van der Waals surface area contributed by atoms with Crippen LogP contribution >= 0.6 is 11.3 Å². The summed E-state index contributed by atoms with van der Waals surface area (Å²) >= 11 is 0.562. The summed E-state index contributed by atoms with van der Waals surface area (Å²) in [7, 11) is 0. The Morgan fingerprint density at radius 3 is 2.44 bits per heavy atom. The second-order valence-electron chi connectivity index (χ2n) is 10.8. The molecule has 5 rings (SSSR count). The van der Waals surface area contributed by atoms with E-state index >= 15 is 0 Å². The maximum absolute atomic E-state index is 14.3. The number of anilines is 1. The first-order chi connectivity index (χ1) is 19.1. The SMILES string of the molecule is C[C@H]1CC(F)(F)CN1C(=O)c1nc(C(=O)N[C@H]2C[C@H](O)C2)sc1-c1cnc(NC(C2CC2)C(F)(F)F)cc1C(F)F. The van der Waals surface area contributed by atoms with Gasteiger partial charge >= 0.3 is 6.18 Å². The van der Waals surface area contributed by atoms with Crippen molar-refractivity contribution in [3.63, 3.8) is 0 Å². The molecule has 3 heterocycles. The molecule has 0 spiro atoms. The van der Waals surface area contributed by atoms with Crippen molar-refractivity contribution < 1.29 is 45.4 Å². The van der Waals surface area contributed by atoms with Gasteiger partial charge < -0.3 is 20.6 Å². The monoisotopic (exact) mass is 609 g/mol. The average molecular weight is 610 g/mol. The quantitative estimate of drug-likeness (QED) is 0.363. The van der Waals surface area contributed by atoms with Crippen LogP contribution in [0.25, 0.3) is 10.4 Å². The molecule has 1 saturated heterocycles. The van der Waals surface area contributed by atoms with Crippen LogP contribution in [0.1, 0.15) is 71.3 Å². The third kappa shape index (κ3) is 6.27. The molecule has 2 amide bonds. The number of carbonyl (C=O) groups is 2. The summed E-state index contributed by atoms with van der Waals surface area (Å²) in [6.45, 7) is 0.457. The molecule has 224 valence electrons. The van der Waals surface area contributed by atoms with Gasteiger partial charge in [0.1, 0.15) is 17.6 Å². The molecule has 8 nitrogen and oxygen atoms in total. The Labute approximate surface area is 233 Å². The van der Waals surface area contributed by atoms with Crippen LogP contribution in [0.5, 0.6) is 0 Å². The van der Waals surface area contributed by atoms with E-state index < -0.39 is 84.5 Å². The van der Waals surface area contributed by atoms with Gasteiger partial charge in [-0.05, 0) is 44.6 Å². The summed E-state index contributed by atoms with van der Waals surface area (Å²) in [6, 6.07) is -2.53. The Morgan fingerprint density at radius 2 is 1.90 bits per heavy atom. The zero-order chi connectivity index (χ0) is 29.9. The number of halogens is 7. The molecule has 16 heteroatoms. The maximum Gasteiger partial charge on any atom is 0.408 e. The van der Waals surface area contributed by atoms with Gasteiger partial charge in [0.05, 0.1) is 17.5 Å². The van der Waals surface area contributed by atoms with E-state index in [0.717, 1.165) is 17.2 Å². The van der Waals surface area contributed by atoms with Gasteiger partial charge in [-0.25, -0.2) is 27.5 Å². The van der Waals surface area contributed by atoms with Crippen LogP contribution in [0.2, 0.25) is 0 Å². The highest BCUT2D eigenvalue weighted by Gasteiger charge is 2.49. The van der Waals surface area contributed by atoms with Crippen molar-refractivity contribution in [1.29, 1.82) is 0 Å². The number of alkyl halides is 7. The third-order valence-corrected chi connectivity index (χ3v) is 8.51. The van der Waals surface area contributed by atoms with E-state index in [1.807, 2.05) is 0 Å². The molecular formula is C25H26F7N5O3S. The van der Waals surface area contributed by atoms with Crippen molar-refractivity contribution in [2.75, 3.05) is 11.9 Å². The fourth-order valence-electron chi connectivity index (χ4n) is 5.09. The molecule has 0 aromatic carbocycles. The number of hydrogen-bond acceptors (Lipinski definition) is 7. The van der Waals surface area contributed by atoms with Gasteiger partial charge in [0.2, 0.25) is 0 Å². The molecule has 3 fully saturated rings. The minimum absolute atomic E-state index is 0.250. The van der Waals surface area contributed by atoms with Gasteiger partial charge in [-0.15, -0.1) is 11.3 Å². The number of aromatic nitrogens is 2. The molecular weight excluding hydrogens is 583 g/mol. The Morgan fingerprint density at radius 1 is 1.22 bits per heavy atom. The predicted molar refractivity (Wildman–Crippen MR) is 133 cm³/mol. The van der Waals surface area contributed by atoms with Gasteiger partial charge in [-0.2, -0.15) is 13.2 Å². The van der Waals surface area contributed by atoms with Gasteiger partial charge in [-0.1, -0.05) is 0 Å². The van der Waals surface area contributed by atoms with Crippen LogP contribution in [0, 0.1) is 5.92 Å². The van der Waals surface area contributed by atoms with E-state index in [1.165, 1.54) is 6.92 Å². The molecule has 2 aromatic rings. The lowest BCUT2D eigenvalue weighted by molar-refractivity contribution is -0.146. The van der Waals surface area contributed by atoms with Crippen molar-refractivity contribution in [2.24, 2.45) is 5.92 Å². The predicted octanol–water partition coefficient (Wildman–Crippen LogP) is 5.02. The van der Waals surface area contributed by atoms with Crippen LogP contribution < -0.4 is 10.6 Å². The Hall–Kier alpha value is -3.01. The average Bonchev–Trinajstić information content (AvgIpc) is 3.52. The van der Waals surface area contributed by atoms with Crippen LogP contribution in [0.3, 0.4) is 0 Å². The summed E-state index contributed by atoms with van der Waals surface area (Å²) in [5.41, 5.74) is -1.65. The molecule has 2 saturated carbocycles. The topological polar surface area (TPSA) is 107 Å². The first-order valence-corrected chi connectivity index (χ1v) is 13.7. The molecule has 0 radical (unpaired) electrons. The lowest BCUT2D eigenvalue weighted by atomic mass is 9.89. The van der Waals surface area contributed by atoms with Crippen molar-refractivity contribution >= 4 is 29.0 Å². The molecule has 2 atom stereocenters. The van der Waals surface area contributed by atoms with E-state index in [4.69, 9.17) is 0 Å². The summed E-state index contributed by atoms with van der Waals surface area (Å²) < 4.78 is 97.2. The highest BCUT2D eigenvalue weighted by molar-refractivity contribution is 7.17. The summed E-state index contributed by atoms with van der Waals surface area (Å²) in [4.78, 5) is 34.8. The van der Waals surface area contributed by atoms with Crippen LogP contribution in [-0.2, 0) is 0 Å². The second-order valence-corrected chi connectivity index (χ2v) is 11.8. The fraction of sp³-hybridized carbons (Fsp3) is 0.600. The first kappa shape index (κ1) is 29.5. The van der Waals surface area contributed by atoms with Crippen molar-refractivity contribution in [3.05, 3.63) is 28.5 Å². The zero-order valence-corrected chi connectivity index (χ0v) is 22.3. The van der Waals surface area contributed by atoms with E-state index in [0.29, 0.717) is 24.2 Å². The number of likely N-dealkylation sites (tertiary alicyclic amines) is 1. The fourth-order valence-corrected chi connectivity index (χ4v) is 6.09. The number of rotatable bonds is 8. The van der Waals surface area contributed by atoms with Gasteiger partial charge in [0.25, 0.3) is 24.2 Å². The number of nitrogens with zero attached hydrogens (tertiary/aromatic N) is 3. The Balaban J connectivity index is 1.52. The molecule has 1 unspecified atom stereocenters. The molecule has 0 bridgehead atoms. The number of aliphatic hydroxyl groups excluding tert-OH is 1. The van der Waals surface area contributed by atoms with E-state index in [2.05, 4.69) is 20.6 Å². The lowest BCUT2D eigenvalue weighted by Crippen LogP contribution is -2.46. The van der Waals surface area contributed by atoms with Crippen molar-refractivity contribution in [2.45, 2.75) is 81.8 Å². The maximum atomic E-state index is 14.3. The summed E-state index contributed by atoms with van der Waals surface area (Å²) in [5.74, 6) is -6.11. The molecule has 3 aliphatic rings. The van der Waals surface area contributed by atoms with Gasteiger partial charge in [-0.3, -0.25) is 9.59 Å². The number of aliphatic hydroxyl groups is 1. The first-order valence-electron chi connectivity index (χ1n) is 12.9. The molecule has 2 aromatic heterocycles. The van der Waals surface area contributed by atoms with Gasteiger partial charge in [0, 0.05) is 35.8 Å². The van der Waals surface area contributed by atoms with Crippen LogP contribution in [0.15, 0.2) is 12.3 Å². The van der Waals surface area contributed by atoms with Crippen LogP contribution in [0.4, 0.5) is 36.6 Å². The number of hydrogen-bond donors (Lipinski definition) is 3. The number of nitrogens with one attached hydrogen (secondary N) is 2. The highest BCUT2D eigenvalue weighted by Crippen LogP contribution is 2.43. The van der Waals surface area contributed by atoms with Crippen molar-refractivity contribution in [1.82, 2.24) is 20.2 Å². The molecule has 41 heavy (non-hydrogen) atoms. The lowest BCUT2D eigenvalue weighted by Gasteiger charge is -2.31. The number of carbonyl (C=O) groups excluding carboxylic acids is 2. The van der Waals surface area contributed by atoms with E-state index in [9.17, 15) is 45.4 Å². The smallest absolute Gasteiger partial charge is 0.393 e. The minimum atomic E-state index is -4.64. The number of amides is 2. The standard InChI is InChI=1S/C25H26F7N5O3S/c1-10-7-24(28,29)9-37(10)23(40)17-18(41-22(36-17)21(39)34-12-4-13(38)5-12)15-8-33-16(6-14(15)20(26)27)35-19(11-2-3-11)25(30,31)32/h6,8,10-13,19-20,38H,2-5,7,9H2,1H3,(H,33,35)(H,34,39)/t10-,12-,13-,19?/m0/s1. The molecule has 1 aliphatic heterocycles. The number of pyridine rings is 1. The second kappa shape index (κ2) is 10.7. The third-order valence-electron chi connectivity index (χ3n) is 7.43. The van der Waals surface area contributed by atoms with Crippen molar-refractivity contribution in [3.8, 4) is 10.4 Å². The molecule has 2 aliphatic carbocycles. The Kier molecular flexibility index (Phi) is 7.68. The van der Waals surface area contributed by atoms with Crippen LogP contribution in [-0.4, -0.2) is 74.7 Å². The zero-order valence-electron chi connectivity index (χ0n) is 21.5. The number of thiazole rings is 1.